The molecule has 2 rings (SSSR count). The van der Waals surface area contributed by atoms with Gasteiger partial charge in [-0.15, -0.1) is 0 Å². The summed E-state index contributed by atoms with van der Waals surface area (Å²) in [5.41, 5.74) is -1.66. The summed E-state index contributed by atoms with van der Waals surface area (Å²) in [6.07, 6.45) is -0.870. The van der Waals surface area contributed by atoms with E-state index in [1.54, 1.807) is 32.9 Å². The van der Waals surface area contributed by atoms with Gasteiger partial charge >= 0.3 is 18.1 Å². The molecule has 0 N–H and O–H groups in total. The number of likely N-dealkylation sites (N-methyl/N-ethyl adjacent to an activating group) is 1. The Bertz CT molecular complexity index is 673. The third-order valence-corrected chi connectivity index (χ3v) is 5.02. The molecule has 0 aromatic heterocycles. The maximum atomic E-state index is 12.8. The zero-order valence-electron chi connectivity index (χ0n) is 15.2. The van der Waals surface area contributed by atoms with Crippen LogP contribution in [0.15, 0.2) is 30.3 Å². The quantitative estimate of drug-likeness (QED) is 0.782. The van der Waals surface area contributed by atoms with Crippen LogP contribution in [0.25, 0.3) is 0 Å². The largest absolute Gasteiger partial charge is 0.467 e. The van der Waals surface area contributed by atoms with Gasteiger partial charge in [-0.25, -0.2) is 19.3 Å². The fourth-order valence-corrected chi connectivity index (χ4v) is 3.20. The lowest BCUT2D eigenvalue weighted by Crippen LogP contribution is -2.62. The number of nitrogens with zero attached hydrogens (tertiary/aromatic N) is 2. The van der Waals surface area contributed by atoms with Crippen molar-refractivity contribution in [3.8, 4) is 0 Å². The van der Waals surface area contributed by atoms with Crippen LogP contribution in [0.1, 0.15) is 33.3 Å². The van der Waals surface area contributed by atoms with Crippen molar-refractivity contribution in [3.63, 3.8) is 0 Å². The summed E-state index contributed by atoms with van der Waals surface area (Å²) in [5, 5.41) is 0. The molecule has 25 heavy (non-hydrogen) atoms. The molecule has 1 unspecified atom stereocenters. The Balaban J connectivity index is 2.33. The lowest BCUT2D eigenvalue weighted by molar-refractivity contribution is -0.154. The van der Waals surface area contributed by atoms with Crippen LogP contribution in [-0.4, -0.2) is 52.6 Å². The van der Waals surface area contributed by atoms with Gasteiger partial charge in [-0.05, 0) is 33.3 Å². The number of urea groups is 1. The van der Waals surface area contributed by atoms with E-state index in [9.17, 15) is 14.4 Å². The number of carbonyl (C=O) groups is 3. The summed E-state index contributed by atoms with van der Waals surface area (Å²) >= 11 is 0. The van der Waals surface area contributed by atoms with Crippen molar-refractivity contribution < 1.29 is 23.9 Å². The highest BCUT2D eigenvalue weighted by molar-refractivity contribution is 6.02. The number of methoxy groups -OCH3 is 1. The number of benzene rings is 1. The molecule has 0 saturated carbocycles. The van der Waals surface area contributed by atoms with Crippen molar-refractivity contribution >= 4 is 18.1 Å². The first-order valence-electron chi connectivity index (χ1n) is 8.12. The highest BCUT2D eigenvalue weighted by Gasteiger charge is 2.67. The lowest BCUT2D eigenvalue weighted by Gasteiger charge is -2.40. The highest BCUT2D eigenvalue weighted by atomic mass is 16.6. The van der Waals surface area contributed by atoms with Crippen LogP contribution in [0.2, 0.25) is 0 Å². The van der Waals surface area contributed by atoms with Crippen LogP contribution in [0.4, 0.5) is 9.59 Å². The van der Waals surface area contributed by atoms with E-state index in [-0.39, 0.29) is 6.61 Å². The molecule has 1 aliphatic heterocycles. The molecule has 1 aromatic rings. The van der Waals surface area contributed by atoms with Crippen LogP contribution in [0.3, 0.4) is 0 Å². The Morgan fingerprint density at radius 1 is 1.12 bits per heavy atom. The van der Waals surface area contributed by atoms with Crippen molar-refractivity contribution in [2.45, 2.75) is 45.4 Å². The van der Waals surface area contributed by atoms with Crippen molar-refractivity contribution in [2.24, 2.45) is 0 Å². The smallest absolute Gasteiger partial charge is 0.419 e. The molecule has 0 bridgehead atoms. The van der Waals surface area contributed by atoms with Crippen LogP contribution >= 0.6 is 0 Å². The third kappa shape index (κ3) is 2.83. The van der Waals surface area contributed by atoms with E-state index in [0.717, 1.165) is 10.5 Å². The van der Waals surface area contributed by atoms with Gasteiger partial charge in [0.15, 0.2) is 5.54 Å². The Hall–Kier alpha value is -2.57. The molecule has 136 valence electrons. The Kier molecular flexibility index (Phi) is 5.06. The molecule has 1 aromatic carbocycles. The van der Waals surface area contributed by atoms with Crippen LogP contribution in [0.5, 0.6) is 0 Å². The molecule has 1 aliphatic rings. The molecule has 7 nitrogen and oxygen atoms in total. The van der Waals surface area contributed by atoms with Crippen molar-refractivity contribution in [3.05, 3.63) is 35.9 Å². The van der Waals surface area contributed by atoms with Crippen molar-refractivity contribution in [1.29, 1.82) is 0 Å². The fourth-order valence-electron chi connectivity index (χ4n) is 3.20. The van der Waals surface area contributed by atoms with Gasteiger partial charge < -0.3 is 14.4 Å². The minimum absolute atomic E-state index is 0.00720. The molecule has 7 heteroatoms. The second kappa shape index (κ2) is 6.74. The molecule has 1 saturated heterocycles. The SMILES string of the molecule is CCN1C(=O)N(C(=O)OCc2ccccc2)C(C)(C(=O)OC)C1(C)C. The Morgan fingerprint density at radius 3 is 2.24 bits per heavy atom. The van der Waals surface area contributed by atoms with Crippen molar-refractivity contribution in [1.82, 2.24) is 9.80 Å². The zero-order valence-corrected chi connectivity index (χ0v) is 15.2. The van der Waals surface area contributed by atoms with E-state index in [1.807, 2.05) is 18.2 Å². The van der Waals surface area contributed by atoms with Gasteiger partial charge in [-0.1, -0.05) is 30.3 Å². The molecular formula is C18H24N2O5. The Morgan fingerprint density at radius 2 is 1.72 bits per heavy atom. The van der Waals surface area contributed by atoms with E-state index >= 15 is 0 Å². The van der Waals surface area contributed by atoms with Gasteiger partial charge in [0.2, 0.25) is 0 Å². The normalized spacial score (nSPS) is 22.0. The first-order chi connectivity index (χ1) is 11.7. The maximum absolute atomic E-state index is 12.8. The molecule has 0 spiro atoms. The molecular weight excluding hydrogens is 324 g/mol. The summed E-state index contributed by atoms with van der Waals surface area (Å²) in [5.74, 6) is -0.668. The summed E-state index contributed by atoms with van der Waals surface area (Å²) in [6.45, 7) is 7.13. The van der Waals surface area contributed by atoms with Crippen LogP contribution in [0, 0.1) is 0 Å². The average molecular weight is 348 g/mol. The predicted octanol–water partition coefficient (Wildman–Crippen LogP) is 2.79. The number of esters is 1. The van der Waals surface area contributed by atoms with Gasteiger partial charge in [0.05, 0.1) is 12.6 Å². The molecule has 3 amide bonds. The molecule has 1 fully saturated rings. The molecule has 1 atom stereocenters. The number of hydrogen-bond acceptors (Lipinski definition) is 5. The summed E-state index contributed by atoms with van der Waals surface area (Å²) in [4.78, 5) is 40.3. The number of amides is 3. The number of rotatable bonds is 4. The number of carbonyl (C=O) groups excluding carboxylic acids is 3. The van der Waals surface area contributed by atoms with E-state index in [2.05, 4.69) is 0 Å². The van der Waals surface area contributed by atoms with Gasteiger partial charge in [-0.3, -0.25) is 0 Å². The third-order valence-electron chi connectivity index (χ3n) is 5.02. The second-order valence-electron chi connectivity index (χ2n) is 6.53. The first-order valence-corrected chi connectivity index (χ1v) is 8.12. The topological polar surface area (TPSA) is 76.2 Å². The number of ether oxygens (including phenoxy) is 2. The molecule has 0 aliphatic carbocycles. The van der Waals surface area contributed by atoms with Crippen molar-refractivity contribution in [2.75, 3.05) is 13.7 Å². The van der Waals surface area contributed by atoms with Gasteiger partial charge in [0, 0.05) is 6.54 Å². The van der Waals surface area contributed by atoms with Crippen LogP contribution < -0.4 is 0 Å². The van der Waals surface area contributed by atoms with Crippen LogP contribution in [-0.2, 0) is 20.9 Å². The minimum atomic E-state index is -1.50. The van der Waals surface area contributed by atoms with E-state index in [4.69, 9.17) is 9.47 Å². The molecule has 1 heterocycles. The Labute approximate surface area is 147 Å². The maximum Gasteiger partial charge on any atom is 0.419 e. The van der Waals surface area contributed by atoms with E-state index in [1.165, 1.54) is 18.9 Å². The highest BCUT2D eigenvalue weighted by Crippen LogP contribution is 2.42. The monoisotopic (exact) mass is 348 g/mol. The summed E-state index contributed by atoms with van der Waals surface area (Å²) in [7, 11) is 1.23. The second-order valence-corrected chi connectivity index (χ2v) is 6.53. The lowest BCUT2D eigenvalue weighted by atomic mass is 9.80. The summed E-state index contributed by atoms with van der Waals surface area (Å²) < 4.78 is 10.2. The number of imide groups is 1. The predicted molar refractivity (Wildman–Crippen MR) is 90.7 cm³/mol. The first kappa shape index (κ1) is 18.8. The standard InChI is InChI=1S/C18H24N2O5/c1-6-19-15(22)20(18(4,14(21)24-5)17(19,2)3)16(23)25-12-13-10-8-7-9-11-13/h7-11H,6,12H2,1-5H3. The average Bonchev–Trinajstić information content (AvgIpc) is 2.75. The summed E-state index contributed by atoms with van der Waals surface area (Å²) in [6, 6.07) is 8.54. The fraction of sp³-hybridized carbons (Fsp3) is 0.500. The van der Waals surface area contributed by atoms with Gasteiger partial charge in [0.25, 0.3) is 0 Å². The molecule has 0 radical (unpaired) electrons. The minimum Gasteiger partial charge on any atom is -0.467 e. The van der Waals surface area contributed by atoms with Gasteiger partial charge in [-0.2, -0.15) is 0 Å². The van der Waals surface area contributed by atoms with E-state index < -0.39 is 29.2 Å². The zero-order chi connectivity index (χ0) is 18.8. The number of hydrogen-bond donors (Lipinski definition) is 0. The van der Waals surface area contributed by atoms with Gasteiger partial charge in [0.1, 0.15) is 6.61 Å². The van der Waals surface area contributed by atoms with E-state index in [0.29, 0.717) is 6.54 Å².